The van der Waals surface area contributed by atoms with E-state index in [9.17, 15) is 13.2 Å². The molecule has 7 nitrogen and oxygen atoms in total. The van der Waals surface area contributed by atoms with E-state index < -0.39 is 10.1 Å². The van der Waals surface area contributed by atoms with E-state index in [1.807, 2.05) is 29.2 Å². The third-order valence-electron chi connectivity index (χ3n) is 3.85. The topological polar surface area (TPSA) is 81.5 Å². The monoisotopic (exact) mass is 337 g/mol. The summed E-state index contributed by atoms with van der Waals surface area (Å²) in [5.41, 5.74) is 1.22. The molecule has 8 heteroatoms. The largest absolute Gasteiger partial charge is 0.337 e. The van der Waals surface area contributed by atoms with E-state index >= 15 is 0 Å². The average molecular weight is 337 g/mol. The Labute approximate surface area is 135 Å². The Hall–Kier alpha value is -1.93. The van der Waals surface area contributed by atoms with Gasteiger partial charge < -0.3 is 4.90 Å². The molecular formula is C15H19N3O4S. The van der Waals surface area contributed by atoms with E-state index in [4.69, 9.17) is 4.18 Å². The minimum absolute atomic E-state index is 0.0121. The number of fused-ring (bicyclic) bond motifs is 1. The van der Waals surface area contributed by atoms with Gasteiger partial charge in [-0.1, -0.05) is 18.2 Å². The third kappa shape index (κ3) is 3.53. The van der Waals surface area contributed by atoms with Gasteiger partial charge in [-0.2, -0.15) is 13.5 Å². The zero-order chi connectivity index (χ0) is 16.4. The second kappa shape index (κ2) is 6.29. The van der Waals surface area contributed by atoms with Crippen molar-refractivity contribution >= 4 is 26.9 Å². The molecule has 0 saturated carbocycles. The van der Waals surface area contributed by atoms with E-state index in [1.54, 1.807) is 4.68 Å². The van der Waals surface area contributed by atoms with Crippen molar-refractivity contribution in [2.45, 2.75) is 19.4 Å². The standard InChI is InChI=1S/C15H19N3O4S/c1-23(20,21)22-11-10-18-13-7-3-2-6-12(13)14(16-18)15(19)17-8-4-5-9-17/h2-3,6-7H,4-5,8-11H2,1H3. The summed E-state index contributed by atoms with van der Waals surface area (Å²) < 4.78 is 28.5. The van der Waals surface area contributed by atoms with Crippen LogP contribution in [-0.2, 0) is 20.8 Å². The lowest BCUT2D eigenvalue weighted by Crippen LogP contribution is -2.28. The Morgan fingerprint density at radius 2 is 1.96 bits per heavy atom. The van der Waals surface area contributed by atoms with Crippen molar-refractivity contribution < 1.29 is 17.4 Å². The fraction of sp³-hybridized carbons (Fsp3) is 0.467. The highest BCUT2D eigenvalue weighted by molar-refractivity contribution is 7.85. The second-order valence-corrected chi connectivity index (χ2v) is 7.26. The third-order valence-corrected chi connectivity index (χ3v) is 4.45. The number of aromatic nitrogens is 2. The highest BCUT2D eigenvalue weighted by Gasteiger charge is 2.24. The Kier molecular flexibility index (Phi) is 4.36. The molecule has 1 aliphatic heterocycles. The zero-order valence-electron chi connectivity index (χ0n) is 12.9. The molecule has 2 aromatic rings. The highest BCUT2D eigenvalue weighted by Crippen LogP contribution is 2.21. The minimum Gasteiger partial charge on any atom is -0.337 e. The van der Waals surface area contributed by atoms with Crippen molar-refractivity contribution in [3.05, 3.63) is 30.0 Å². The molecule has 23 heavy (non-hydrogen) atoms. The molecule has 0 N–H and O–H groups in total. The number of para-hydroxylation sites is 1. The summed E-state index contributed by atoms with van der Waals surface area (Å²) in [7, 11) is -3.49. The first kappa shape index (κ1) is 15.9. The van der Waals surface area contributed by atoms with Crippen LogP contribution in [0, 0.1) is 0 Å². The van der Waals surface area contributed by atoms with Crippen LogP contribution >= 0.6 is 0 Å². The number of hydrogen-bond acceptors (Lipinski definition) is 5. The summed E-state index contributed by atoms with van der Waals surface area (Å²) >= 11 is 0. The molecule has 1 fully saturated rings. The lowest BCUT2D eigenvalue weighted by molar-refractivity contribution is 0.0787. The maximum Gasteiger partial charge on any atom is 0.275 e. The number of benzene rings is 1. The fourth-order valence-corrected chi connectivity index (χ4v) is 3.18. The van der Waals surface area contributed by atoms with E-state index in [2.05, 4.69) is 5.10 Å². The lowest BCUT2D eigenvalue weighted by atomic mass is 10.2. The summed E-state index contributed by atoms with van der Waals surface area (Å²) in [6.45, 7) is 1.77. The lowest BCUT2D eigenvalue weighted by Gasteiger charge is -2.13. The van der Waals surface area contributed by atoms with Gasteiger partial charge in [0.05, 0.1) is 24.9 Å². The summed E-state index contributed by atoms with van der Waals surface area (Å²) in [6, 6.07) is 7.45. The Balaban J connectivity index is 1.88. The first-order chi connectivity index (χ1) is 11.0. The van der Waals surface area contributed by atoms with Crippen molar-refractivity contribution in [1.82, 2.24) is 14.7 Å². The molecule has 2 heterocycles. The molecule has 0 atom stereocenters. The van der Waals surface area contributed by atoms with Crippen molar-refractivity contribution in [1.29, 1.82) is 0 Å². The predicted octanol–water partition coefficient (Wildman–Crippen LogP) is 1.25. The smallest absolute Gasteiger partial charge is 0.275 e. The van der Waals surface area contributed by atoms with Gasteiger partial charge in [0, 0.05) is 18.5 Å². The highest BCUT2D eigenvalue weighted by atomic mass is 32.2. The van der Waals surface area contributed by atoms with Crippen LogP contribution in [0.15, 0.2) is 24.3 Å². The van der Waals surface area contributed by atoms with Crippen LogP contribution in [0.25, 0.3) is 10.9 Å². The quantitative estimate of drug-likeness (QED) is 0.767. The molecule has 0 radical (unpaired) electrons. The van der Waals surface area contributed by atoms with Crippen LogP contribution in [0.2, 0.25) is 0 Å². The van der Waals surface area contributed by atoms with Gasteiger partial charge in [0.15, 0.2) is 5.69 Å². The van der Waals surface area contributed by atoms with Crippen LogP contribution in [0.1, 0.15) is 23.3 Å². The number of amides is 1. The summed E-state index contributed by atoms with van der Waals surface area (Å²) in [5.74, 6) is -0.0681. The maximum absolute atomic E-state index is 12.6. The van der Waals surface area contributed by atoms with Crippen molar-refractivity contribution in [2.75, 3.05) is 26.0 Å². The number of carbonyl (C=O) groups excluding carboxylic acids is 1. The van der Waals surface area contributed by atoms with Gasteiger partial charge in [0.2, 0.25) is 0 Å². The molecule has 1 amide bonds. The predicted molar refractivity (Wildman–Crippen MR) is 85.7 cm³/mol. The van der Waals surface area contributed by atoms with Crippen LogP contribution in [0.4, 0.5) is 0 Å². The Bertz CT molecular complexity index is 822. The fourth-order valence-electron chi connectivity index (χ4n) is 2.80. The van der Waals surface area contributed by atoms with Gasteiger partial charge in [-0.3, -0.25) is 13.7 Å². The molecule has 1 aliphatic rings. The van der Waals surface area contributed by atoms with E-state index in [1.165, 1.54) is 0 Å². The van der Waals surface area contributed by atoms with E-state index in [0.717, 1.165) is 43.1 Å². The number of rotatable bonds is 5. The number of likely N-dealkylation sites (tertiary alicyclic amines) is 1. The maximum atomic E-state index is 12.6. The first-order valence-corrected chi connectivity index (χ1v) is 9.36. The molecule has 0 unspecified atom stereocenters. The molecular weight excluding hydrogens is 318 g/mol. The van der Waals surface area contributed by atoms with E-state index in [-0.39, 0.29) is 19.1 Å². The summed E-state index contributed by atoms with van der Waals surface area (Å²) in [6.07, 6.45) is 3.05. The van der Waals surface area contributed by atoms with Crippen molar-refractivity contribution in [2.24, 2.45) is 0 Å². The van der Waals surface area contributed by atoms with Crippen LogP contribution in [-0.4, -0.2) is 55.0 Å². The molecule has 0 aliphatic carbocycles. The normalized spacial score (nSPS) is 15.4. The molecule has 1 aromatic heterocycles. The second-order valence-electron chi connectivity index (χ2n) is 5.61. The summed E-state index contributed by atoms with van der Waals surface area (Å²) in [5, 5.41) is 5.19. The van der Waals surface area contributed by atoms with Gasteiger partial charge in [-0.05, 0) is 18.9 Å². The average Bonchev–Trinajstić information content (AvgIpc) is 3.14. The van der Waals surface area contributed by atoms with Crippen LogP contribution in [0.3, 0.4) is 0 Å². The van der Waals surface area contributed by atoms with Gasteiger partial charge in [-0.15, -0.1) is 0 Å². The first-order valence-electron chi connectivity index (χ1n) is 7.55. The van der Waals surface area contributed by atoms with Gasteiger partial charge >= 0.3 is 0 Å². The van der Waals surface area contributed by atoms with Gasteiger partial charge in [-0.25, -0.2) is 0 Å². The van der Waals surface area contributed by atoms with Crippen molar-refractivity contribution in [3.63, 3.8) is 0 Å². The van der Waals surface area contributed by atoms with Crippen molar-refractivity contribution in [3.8, 4) is 0 Å². The van der Waals surface area contributed by atoms with Gasteiger partial charge in [0.25, 0.3) is 16.0 Å². The van der Waals surface area contributed by atoms with Gasteiger partial charge in [0.1, 0.15) is 0 Å². The molecule has 3 rings (SSSR count). The van der Waals surface area contributed by atoms with Crippen LogP contribution in [0.5, 0.6) is 0 Å². The molecule has 1 aromatic carbocycles. The zero-order valence-corrected chi connectivity index (χ0v) is 13.8. The number of carbonyl (C=O) groups is 1. The molecule has 0 bridgehead atoms. The summed E-state index contributed by atoms with van der Waals surface area (Å²) in [4.78, 5) is 14.4. The number of hydrogen-bond donors (Lipinski definition) is 0. The molecule has 124 valence electrons. The van der Waals surface area contributed by atoms with E-state index in [0.29, 0.717) is 5.69 Å². The Morgan fingerprint density at radius 1 is 1.26 bits per heavy atom. The molecule has 1 saturated heterocycles. The SMILES string of the molecule is CS(=O)(=O)OCCn1nc(C(=O)N2CCCC2)c2ccccc21. The minimum atomic E-state index is -3.49. The van der Waals surface area contributed by atoms with Crippen LogP contribution < -0.4 is 0 Å². The number of nitrogens with zero attached hydrogens (tertiary/aromatic N) is 3. The Morgan fingerprint density at radius 3 is 2.65 bits per heavy atom. The molecule has 0 spiro atoms.